The highest BCUT2D eigenvalue weighted by Crippen LogP contribution is 2.39. The number of fused-ring (bicyclic) bond motifs is 1. The first-order valence-corrected chi connectivity index (χ1v) is 11.0. The molecular formula is C21H27N3O3S. The number of urea groups is 1. The Labute approximate surface area is 170 Å². The van der Waals surface area contributed by atoms with E-state index in [1.54, 1.807) is 16.7 Å². The van der Waals surface area contributed by atoms with E-state index in [0.717, 1.165) is 41.2 Å². The largest absolute Gasteiger partial charge is 0.325 e. The van der Waals surface area contributed by atoms with Gasteiger partial charge in [-0.1, -0.05) is 38.8 Å². The van der Waals surface area contributed by atoms with Crippen molar-refractivity contribution in [3.05, 3.63) is 24.3 Å². The summed E-state index contributed by atoms with van der Waals surface area (Å²) < 4.78 is 0. The van der Waals surface area contributed by atoms with Crippen molar-refractivity contribution in [1.82, 2.24) is 10.2 Å². The number of benzene rings is 1. The Balaban J connectivity index is 1.55. The highest BCUT2D eigenvalue weighted by molar-refractivity contribution is 8.00. The van der Waals surface area contributed by atoms with E-state index in [9.17, 15) is 14.4 Å². The number of carbonyl (C=O) groups excluding carboxylic acids is 3. The zero-order chi connectivity index (χ0) is 19.9. The molecule has 4 amide bonds. The van der Waals surface area contributed by atoms with Gasteiger partial charge in [0.25, 0.3) is 5.91 Å². The average molecular weight is 402 g/mol. The van der Waals surface area contributed by atoms with Gasteiger partial charge < -0.3 is 10.2 Å². The van der Waals surface area contributed by atoms with Gasteiger partial charge in [-0.3, -0.25) is 14.5 Å². The highest BCUT2D eigenvalue weighted by atomic mass is 32.2. The van der Waals surface area contributed by atoms with Crippen LogP contribution in [0.1, 0.15) is 46.0 Å². The molecule has 3 atom stereocenters. The predicted molar refractivity (Wildman–Crippen MR) is 109 cm³/mol. The lowest BCUT2D eigenvalue weighted by Crippen LogP contribution is -2.54. The van der Waals surface area contributed by atoms with Crippen LogP contribution in [0, 0.1) is 5.92 Å². The molecule has 1 aromatic rings. The zero-order valence-electron chi connectivity index (χ0n) is 16.4. The summed E-state index contributed by atoms with van der Waals surface area (Å²) in [6.07, 6.45) is 4.44. The van der Waals surface area contributed by atoms with Gasteiger partial charge >= 0.3 is 6.03 Å². The van der Waals surface area contributed by atoms with Crippen molar-refractivity contribution in [2.45, 2.75) is 61.6 Å². The Morgan fingerprint density at radius 2 is 2.00 bits per heavy atom. The molecule has 1 saturated carbocycles. The maximum absolute atomic E-state index is 13.2. The number of nitrogens with one attached hydrogen (secondary N) is 1. The summed E-state index contributed by atoms with van der Waals surface area (Å²) in [4.78, 5) is 42.9. The third-order valence-corrected chi connectivity index (χ3v) is 7.58. The first kappa shape index (κ1) is 19.3. The van der Waals surface area contributed by atoms with Gasteiger partial charge in [0.2, 0.25) is 5.91 Å². The van der Waals surface area contributed by atoms with Crippen molar-refractivity contribution >= 4 is 35.3 Å². The Bertz CT molecular complexity index is 814. The Morgan fingerprint density at radius 1 is 1.21 bits per heavy atom. The van der Waals surface area contributed by atoms with Crippen LogP contribution in [-0.2, 0) is 9.59 Å². The van der Waals surface area contributed by atoms with E-state index < -0.39 is 11.6 Å². The summed E-state index contributed by atoms with van der Waals surface area (Å²) >= 11 is 1.76. The molecule has 1 spiro atoms. The Morgan fingerprint density at radius 3 is 2.79 bits per heavy atom. The van der Waals surface area contributed by atoms with Crippen molar-refractivity contribution in [1.29, 1.82) is 0 Å². The number of hydrogen-bond donors (Lipinski definition) is 1. The molecule has 1 aromatic carbocycles. The van der Waals surface area contributed by atoms with Gasteiger partial charge in [0.1, 0.15) is 12.1 Å². The van der Waals surface area contributed by atoms with Crippen LogP contribution in [0.5, 0.6) is 0 Å². The summed E-state index contributed by atoms with van der Waals surface area (Å²) in [6, 6.07) is 7.42. The van der Waals surface area contributed by atoms with Crippen molar-refractivity contribution in [2.75, 3.05) is 18.0 Å². The van der Waals surface area contributed by atoms with Gasteiger partial charge in [0.15, 0.2) is 0 Å². The van der Waals surface area contributed by atoms with Crippen LogP contribution in [0.2, 0.25) is 0 Å². The second-order valence-electron chi connectivity index (χ2n) is 8.17. The topological polar surface area (TPSA) is 69.7 Å². The molecule has 0 unspecified atom stereocenters. The minimum absolute atomic E-state index is 0.0916. The lowest BCUT2D eigenvalue weighted by Gasteiger charge is -2.36. The molecule has 1 aliphatic carbocycles. The first-order valence-electron chi connectivity index (χ1n) is 10.1. The molecular weight excluding hydrogens is 374 g/mol. The van der Waals surface area contributed by atoms with E-state index >= 15 is 0 Å². The molecule has 2 heterocycles. The number of amides is 4. The molecule has 0 bridgehead atoms. The molecule has 4 rings (SSSR count). The normalized spacial score (nSPS) is 30.2. The summed E-state index contributed by atoms with van der Waals surface area (Å²) in [5.74, 6) is -0.343. The smallest absolute Gasteiger partial charge is 0.323 e. The van der Waals surface area contributed by atoms with Crippen LogP contribution >= 0.6 is 11.8 Å². The van der Waals surface area contributed by atoms with Gasteiger partial charge in [-0.05, 0) is 37.3 Å². The molecule has 0 aromatic heterocycles. The lowest BCUT2D eigenvalue weighted by molar-refractivity contribution is -0.136. The third-order valence-electron chi connectivity index (χ3n) is 6.34. The molecule has 150 valence electrons. The highest BCUT2D eigenvalue weighted by Gasteiger charge is 2.55. The number of para-hydroxylation sites is 1. The number of carbonyl (C=O) groups is 3. The summed E-state index contributed by atoms with van der Waals surface area (Å²) in [5.41, 5.74) is 0.0473. The Kier molecular flexibility index (Phi) is 5.12. The van der Waals surface area contributed by atoms with E-state index in [1.807, 2.05) is 31.2 Å². The minimum atomic E-state index is -0.823. The lowest BCUT2D eigenvalue weighted by atomic mass is 9.73. The minimum Gasteiger partial charge on any atom is -0.323 e. The number of thioether (sulfide) groups is 1. The van der Waals surface area contributed by atoms with Crippen molar-refractivity contribution in [3.63, 3.8) is 0 Å². The molecule has 0 radical (unpaired) electrons. The molecule has 2 aliphatic heterocycles. The fourth-order valence-corrected chi connectivity index (χ4v) is 5.72. The van der Waals surface area contributed by atoms with Crippen LogP contribution in [0.4, 0.5) is 10.5 Å². The maximum atomic E-state index is 13.2. The van der Waals surface area contributed by atoms with Crippen LogP contribution in [-0.4, -0.2) is 46.6 Å². The second-order valence-corrected chi connectivity index (χ2v) is 9.65. The summed E-state index contributed by atoms with van der Waals surface area (Å²) in [7, 11) is 0. The average Bonchev–Trinajstić information content (AvgIpc) is 2.81. The number of imide groups is 1. The third kappa shape index (κ3) is 3.19. The standard InChI is InChI=1S/C21H27N3O3S/c1-14-7-5-6-11-21(14)19(26)24(20(27)22-21)13-18(25)23-12-10-15(2)28-17-9-4-3-8-16(17)23/h3-4,8-9,14-15H,5-7,10-13H2,1-2H3,(H,22,27)/t14-,15+,21+/m0/s1. The molecule has 2 fully saturated rings. The number of rotatable bonds is 2. The zero-order valence-corrected chi connectivity index (χ0v) is 17.3. The van der Waals surface area contributed by atoms with Crippen LogP contribution in [0.3, 0.4) is 0 Å². The van der Waals surface area contributed by atoms with Crippen LogP contribution in [0.25, 0.3) is 0 Å². The predicted octanol–water partition coefficient (Wildman–Crippen LogP) is 3.40. The number of hydrogen-bond acceptors (Lipinski definition) is 4. The Hall–Kier alpha value is -2.02. The quantitative estimate of drug-likeness (QED) is 0.771. The van der Waals surface area contributed by atoms with Gasteiger partial charge in [-0.25, -0.2) is 4.79 Å². The monoisotopic (exact) mass is 401 g/mol. The summed E-state index contributed by atoms with van der Waals surface area (Å²) in [5, 5.41) is 3.33. The second kappa shape index (κ2) is 7.43. The fraction of sp³-hybridized carbons (Fsp3) is 0.571. The number of nitrogens with zero attached hydrogens (tertiary/aromatic N) is 2. The molecule has 1 saturated heterocycles. The van der Waals surface area contributed by atoms with E-state index in [4.69, 9.17) is 0 Å². The fourth-order valence-electron chi connectivity index (χ4n) is 4.61. The van der Waals surface area contributed by atoms with Gasteiger partial charge in [-0.15, -0.1) is 11.8 Å². The molecule has 3 aliphatic rings. The SMILES string of the molecule is C[C@@H]1CCN(C(=O)CN2C(=O)N[C@@]3(CCCC[C@@H]3C)C2=O)c2ccccc2S1. The van der Waals surface area contributed by atoms with E-state index in [1.165, 1.54) is 0 Å². The molecule has 7 heteroatoms. The van der Waals surface area contributed by atoms with Crippen LogP contribution in [0.15, 0.2) is 29.2 Å². The maximum Gasteiger partial charge on any atom is 0.325 e. The first-order chi connectivity index (χ1) is 13.4. The summed E-state index contributed by atoms with van der Waals surface area (Å²) in [6.45, 7) is 4.56. The molecule has 6 nitrogen and oxygen atoms in total. The van der Waals surface area contributed by atoms with Gasteiger partial charge in [0.05, 0.1) is 5.69 Å². The van der Waals surface area contributed by atoms with E-state index in [-0.39, 0.29) is 24.3 Å². The van der Waals surface area contributed by atoms with Crippen LogP contribution < -0.4 is 10.2 Å². The van der Waals surface area contributed by atoms with Crippen molar-refractivity contribution in [3.8, 4) is 0 Å². The van der Waals surface area contributed by atoms with E-state index in [0.29, 0.717) is 18.2 Å². The van der Waals surface area contributed by atoms with Gasteiger partial charge in [-0.2, -0.15) is 0 Å². The number of anilines is 1. The molecule has 1 N–H and O–H groups in total. The van der Waals surface area contributed by atoms with E-state index in [2.05, 4.69) is 12.2 Å². The molecule has 28 heavy (non-hydrogen) atoms. The van der Waals surface area contributed by atoms with Gasteiger partial charge in [0, 0.05) is 16.7 Å². The van der Waals surface area contributed by atoms with Crippen molar-refractivity contribution < 1.29 is 14.4 Å². The van der Waals surface area contributed by atoms with Crippen molar-refractivity contribution in [2.24, 2.45) is 5.92 Å².